The number of hydrogen-bond acceptors (Lipinski definition) is 3. The summed E-state index contributed by atoms with van der Waals surface area (Å²) in [7, 11) is 0. The zero-order valence-corrected chi connectivity index (χ0v) is 17.8. The Balaban J connectivity index is 1.48. The van der Waals surface area contributed by atoms with E-state index in [4.69, 9.17) is 0 Å². The minimum Gasteiger partial charge on any atom is -0.357 e. The van der Waals surface area contributed by atoms with Gasteiger partial charge in [0.15, 0.2) is 0 Å². The van der Waals surface area contributed by atoms with Gasteiger partial charge in [-0.1, -0.05) is 48.7 Å². The van der Waals surface area contributed by atoms with Crippen LogP contribution in [0.25, 0.3) is 11.1 Å². The zero-order valence-electron chi connectivity index (χ0n) is 17.8. The Morgan fingerprint density at radius 3 is 2.30 bits per heavy atom. The van der Waals surface area contributed by atoms with Crippen LogP contribution in [0, 0.1) is 13.8 Å². The second-order valence-electron chi connectivity index (χ2n) is 8.16. The van der Waals surface area contributed by atoms with Gasteiger partial charge in [0.25, 0.3) is 5.91 Å². The summed E-state index contributed by atoms with van der Waals surface area (Å²) < 4.78 is 0. The fourth-order valence-corrected chi connectivity index (χ4v) is 3.96. The number of aromatic nitrogens is 1. The number of nitrogens with one attached hydrogen (secondary N) is 1. The van der Waals surface area contributed by atoms with Crippen molar-refractivity contribution in [3.8, 4) is 11.1 Å². The maximum Gasteiger partial charge on any atom is 0.255 e. The normalized spacial score (nSPS) is 14.3. The molecule has 2 heterocycles. The van der Waals surface area contributed by atoms with Gasteiger partial charge in [0.2, 0.25) is 0 Å². The first-order chi connectivity index (χ1) is 14.6. The largest absolute Gasteiger partial charge is 0.357 e. The summed E-state index contributed by atoms with van der Waals surface area (Å²) in [6.07, 6.45) is 6.79. The SMILES string of the molecule is Cc1ccc(-c2cc(C(=O)Nc3ccc(N4CCCCCC4)nc3)ccc2C)cc1. The lowest BCUT2D eigenvalue weighted by molar-refractivity contribution is 0.102. The van der Waals surface area contributed by atoms with Crippen LogP contribution < -0.4 is 10.2 Å². The Kier molecular flexibility index (Phi) is 6.12. The van der Waals surface area contributed by atoms with Crippen LogP contribution in [0.3, 0.4) is 0 Å². The summed E-state index contributed by atoms with van der Waals surface area (Å²) in [4.78, 5) is 19.8. The van der Waals surface area contributed by atoms with Gasteiger partial charge < -0.3 is 10.2 Å². The Labute approximate surface area is 179 Å². The van der Waals surface area contributed by atoms with Crippen molar-refractivity contribution in [2.45, 2.75) is 39.5 Å². The number of benzene rings is 2. The number of carbonyl (C=O) groups is 1. The molecule has 1 aliphatic rings. The van der Waals surface area contributed by atoms with Gasteiger partial charge in [-0.25, -0.2) is 4.98 Å². The van der Waals surface area contributed by atoms with Crippen LogP contribution in [0.5, 0.6) is 0 Å². The van der Waals surface area contributed by atoms with Crippen molar-refractivity contribution in [3.63, 3.8) is 0 Å². The van der Waals surface area contributed by atoms with Crippen molar-refractivity contribution in [3.05, 3.63) is 77.5 Å². The van der Waals surface area contributed by atoms with E-state index in [1.165, 1.54) is 31.2 Å². The van der Waals surface area contributed by atoms with Crippen LogP contribution in [0.4, 0.5) is 11.5 Å². The van der Waals surface area contributed by atoms with Crippen LogP contribution >= 0.6 is 0 Å². The number of rotatable bonds is 4. The molecule has 3 aromatic rings. The lowest BCUT2D eigenvalue weighted by Gasteiger charge is -2.21. The molecular formula is C26H29N3O. The Hall–Kier alpha value is -3.14. The molecule has 1 aliphatic heterocycles. The average Bonchev–Trinajstić information content (AvgIpc) is 3.05. The average molecular weight is 400 g/mol. The third kappa shape index (κ3) is 4.70. The van der Waals surface area contributed by atoms with Crippen molar-refractivity contribution >= 4 is 17.4 Å². The van der Waals surface area contributed by atoms with E-state index in [1.54, 1.807) is 6.20 Å². The first kappa shape index (κ1) is 20.1. The summed E-state index contributed by atoms with van der Waals surface area (Å²) in [6, 6.07) is 18.2. The fraction of sp³-hybridized carbons (Fsp3) is 0.308. The molecular weight excluding hydrogens is 370 g/mol. The minimum atomic E-state index is -0.118. The minimum absolute atomic E-state index is 0.118. The first-order valence-corrected chi connectivity index (χ1v) is 10.8. The van der Waals surface area contributed by atoms with Crippen LogP contribution in [0.15, 0.2) is 60.8 Å². The van der Waals surface area contributed by atoms with Gasteiger partial charge in [0.1, 0.15) is 5.82 Å². The van der Waals surface area contributed by atoms with Gasteiger partial charge in [0.05, 0.1) is 11.9 Å². The molecule has 4 nitrogen and oxygen atoms in total. The maximum atomic E-state index is 12.8. The molecule has 1 saturated heterocycles. The summed E-state index contributed by atoms with van der Waals surface area (Å²) in [5.74, 6) is 0.875. The van der Waals surface area contributed by atoms with Gasteiger partial charge in [-0.15, -0.1) is 0 Å². The van der Waals surface area contributed by atoms with E-state index < -0.39 is 0 Å². The molecule has 30 heavy (non-hydrogen) atoms. The van der Waals surface area contributed by atoms with Crippen LogP contribution in [0.1, 0.15) is 47.2 Å². The molecule has 4 rings (SSSR count). The van der Waals surface area contributed by atoms with Crippen LogP contribution in [-0.4, -0.2) is 24.0 Å². The maximum absolute atomic E-state index is 12.8. The summed E-state index contributed by atoms with van der Waals surface area (Å²) in [5, 5.41) is 2.99. The zero-order chi connectivity index (χ0) is 20.9. The quantitative estimate of drug-likeness (QED) is 0.585. The third-order valence-electron chi connectivity index (χ3n) is 5.80. The van der Waals surface area contributed by atoms with Gasteiger partial charge in [-0.2, -0.15) is 0 Å². The molecule has 0 spiro atoms. The Morgan fingerprint density at radius 2 is 1.63 bits per heavy atom. The van der Waals surface area contributed by atoms with E-state index in [-0.39, 0.29) is 5.91 Å². The molecule has 4 heteroatoms. The number of pyridine rings is 1. The van der Waals surface area contributed by atoms with Crippen molar-refractivity contribution in [1.82, 2.24) is 4.98 Å². The predicted molar refractivity (Wildman–Crippen MR) is 124 cm³/mol. The highest BCUT2D eigenvalue weighted by Gasteiger charge is 2.13. The van der Waals surface area contributed by atoms with Crippen molar-refractivity contribution in [2.24, 2.45) is 0 Å². The fourth-order valence-electron chi connectivity index (χ4n) is 3.96. The Bertz CT molecular complexity index is 1000. The second kappa shape index (κ2) is 9.12. The molecule has 0 unspecified atom stereocenters. The van der Waals surface area contributed by atoms with E-state index in [9.17, 15) is 4.79 Å². The molecule has 0 radical (unpaired) electrons. The number of aryl methyl sites for hydroxylation is 2. The number of hydrogen-bond donors (Lipinski definition) is 1. The highest BCUT2D eigenvalue weighted by atomic mass is 16.1. The molecule has 0 bridgehead atoms. The van der Waals surface area contributed by atoms with Crippen molar-refractivity contribution in [1.29, 1.82) is 0 Å². The number of anilines is 2. The monoisotopic (exact) mass is 399 g/mol. The Morgan fingerprint density at radius 1 is 0.900 bits per heavy atom. The predicted octanol–water partition coefficient (Wildman–Crippen LogP) is 6.00. The van der Waals surface area contributed by atoms with E-state index in [0.717, 1.165) is 41.3 Å². The number of amides is 1. The van der Waals surface area contributed by atoms with Gasteiger partial charge >= 0.3 is 0 Å². The third-order valence-corrected chi connectivity index (χ3v) is 5.80. The smallest absolute Gasteiger partial charge is 0.255 e. The molecule has 1 N–H and O–H groups in total. The number of carbonyl (C=O) groups excluding carboxylic acids is 1. The lowest BCUT2D eigenvalue weighted by Crippen LogP contribution is -2.24. The summed E-state index contributed by atoms with van der Waals surface area (Å²) in [5.41, 5.74) is 5.94. The highest BCUT2D eigenvalue weighted by molar-refractivity contribution is 6.05. The van der Waals surface area contributed by atoms with E-state index >= 15 is 0 Å². The van der Waals surface area contributed by atoms with Gasteiger partial charge in [-0.05, 0) is 67.6 Å². The molecule has 2 aromatic carbocycles. The topological polar surface area (TPSA) is 45.2 Å². The van der Waals surface area contributed by atoms with Crippen molar-refractivity contribution in [2.75, 3.05) is 23.3 Å². The first-order valence-electron chi connectivity index (χ1n) is 10.8. The molecule has 154 valence electrons. The van der Waals surface area contributed by atoms with E-state index in [2.05, 4.69) is 53.3 Å². The molecule has 0 atom stereocenters. The van der Waals surface area contributed by atoms with Crippen LogP contribution in [-0.2, 0) is 0 Å². The van der Waals surface area contributed by atoms with Gasteiger partial charge in [0, 0.05) is 18.7 Å². The molecule has 0 saturated carbocycles. The molecule has 0 aliphatic carbocycles. The molecule has 1 fully saturated rings. The molecule has 1 amide bonds. The standard InChI is InChI=1S/C26H29N3O/c1-19-7-10-21(11-8-19)24-17-22(12-9-20(24)2)26(30)28-23-13-14-25(27-18-23)29-15-5-3-4-6-16-29/h7-14,17-18H,3-6,15-16H2,1-2H3,(H,28,30). The van der Waals surface area contributed by atoms with E-state index in [0.29, 0.717) is 5.56 Å². The lowest BCUT2D eigenvalue weighted by atomic mass is 9.97. The molecule has 1 aromatic heterocycles. The second-order valence-corrected chi connectivity index (χ2v) is 8.16. The van der Waals surface area contributed by atoms with Crippen LogP contribution in [0.2, 0.25) is 0 Å². The van der Waals surface area contributed by atoms with E-state index in [1.807, 2.05) is 30.3 Å². The number of nitrogens with zero attached hydrogens (tertiary/aromatic N) is 2. The van der Waals surface area contributed by atoms with Gasteiger partial charge in [-0.3, -0.25) is 4.79 Å². The highest BCUT2D eigenvalue weighted by Crippen LogP contribution is 2.26. The van der Waals surface area contributed by atoms with Crippen molar-refractivity contribution < 1.29 is 4.79 Å². The summed E-state index contributed by atoms with van der Waals surface area (Å²) >= 11 is 0. The summed E-state index contributed by atoms with van der Waals surface area (Å²) in [6.45, 7) is 6.27.